The summed E-state index contributed by atoms with van der Waals surface area (Å²) in [6, 6.07) is 16.7. The van der Waals surface area contributed by atoms with Crippen LogP contribution in [0, 0.1) is 6.92 Å². The zero-order valence-electron chi connectivity index (χ0n) is 16.1. The van der Waals surface area contributed by atoms with Crippen LogP contribution >= 0.6 is 0 Å². The number of fused-ring (bicyclic) bond motifs is 1. The van der Waals surface area contributed by atoms with E-state index >= 15 is 0 Å². The van der Waals surface area contributed by atoms with Crippen LogP contribution in [0.4, 0.5) is 11.4 Å². The van der Waals surface area contributed by atoms with Crippen molar-refractivity contribution in [3.05, 3.63) is 83.7 Å². The smallest absolute Gasteiger partial charge is 0.262 e. The Morgan fingerprint density at radius 2 is 2.03 bits per heavy atom. The van der Waals surface area contributed by atoms with E-state index in [0.29, 0.717) is 23.5 Å². The molecule has 3 aromatic rings. The number of amides is 2. The van der Waals surface area contributed by atoms with Crippen molar-refractivity contribution in [2.75, 3.05) is 23.4 Å². The molecule has 1 aliphatic heterocycles. The fraction of sp³-hybridized carbons (Fsp3) is 0.174. The molecule has 0 radical (unpaired) electrons. The zero-order valence-corrected chi connectivity index (χ0v) is 16.1. The van der Waals surface area contributed by atoms with Gasteiger partial charge in [0.05, 0.1) is 5.56 Å². The Morgan fingerprint density at radius 1 is 1.14 bits per heavy atom. The van der Waals surface area contributed by atoms with Gasteiger partial charge in [-0.25, -0.2) is 0 Å². The third kappa shape index (κ3) is 4.27. The molecule has 1 aliphatic rings. The summed E-state index contributed by atoms with van der Waals surface area (Å²) in [4.78, 5) is 30.8. The zero-order chi connectivity index (χ0) is 20.2. The Balaban J connectivity index is 1.44. The highest BCUT2D eigenvalue weighted by Crippen LogP contribution is 2.32. The Kier molecular flexibility index (Phi) is 5.24. The Hall–Kier alpha value is -3.67. The number of ether oxygens (including phenoxy) is 1. The lowest BCUT2D eigenvalue weighted by Crippen LogP contribution is -2.29. The Bertz CT molecular complexity index is 1050. The molecule has 29 heavy (non-hydrogen) atoms. The molecule has 1 aromatic heterocycles. The molecular formula is C23H21N3O3. The van der Waals surface area contributed by atoms with Crippen molar-refractivity contribution in [2.45, 2.75) is 13.3 Å². The highest BCUT2D eigenvalue weighted by Gasteiger charge is 2.26. The van der Waals surface area contributed by atoms with Gasteiger partial charge in [0.1, 0.15) is 5.75 Å². The molecule has 0 spiro atoms. The lowest BCUT2D eigenvalue weighted by Gasteiger charge is -2.18. The van der Waals surface area contributed by atoms with Gasteiger partial charge < -0.3 is 15.0 Å². The van der Waals surface area contributed by atoms with Crippen LogP contribution in [0.2, 0.25) is 0 Å². The van der Waals surface area contributed by atoms with Gasteiger partial charge in [0.15, 0.2) is 6.61 Å². The molecule has 0 saturated heterocycles. The first-order valence-electron chi connectivity index (χ1n) is 9.44. The predicted octanol–water partition coefficient (Wildman–Crippen LogP) is 3.61. The number of pyridine rings is 1. The average Bonchev–Trinajstić information content (AvgIpc) is 3.16. The number of anilines is 2. The average molecular weight is 387 g/mol. The van der Waals surface area contributed by atoms with E-state index in [9.17, 15) is 9.59 Å². The molecule has 2 amide bonds. The molecule has 6 nitrogen and oxygen atoms in total. The Labute approximate surface area is 169 Å². The summed E-state index contributed by atoms with van der Waals surface area (Å²) in [6.07, 6.45) is 3.99. The minimum atomic E-state index is -0.255. The minimum absolute atomic E-state index is 0.0845. The van der Waals surface area contributed by atoms with Crippen LogP contribution in [0.3, 0.4) is 0 Å². The topological polar surface area (TPSA) is 71.5 Å². The molecule has 1 N–H and O–H groups in total. The normalized spacial score (nSPS) is 12.4. The summed E-state index contributed by atoms with van der Waals surface area (Å²) in [7, 11) is 0. The maximum atomic E-state index is 12.8. The van der Waals surface area contributed by atoms with Gasteiger partial charge >= 0.3 is 0 Å². The Morgan fingerprint density at radius 3 is 2.83 bits per heavy atom. The van der Waals surface area contributed by atoms with Gasteiger partial charge in [-0.05, 0) is 60.9 Å². The first kappa shape index (κ1) is 18.7. The summed E-state index contributed by atoms with van der Waals surface area (Å²) in [5.74, 6) is 0.306. The SMILES string of the molecule is Cc1cccc(OCC(=O)Nc2ccc3c(c2)N(C(=O)c2cccnc2)CC3)c1. The van der Waals surface area contributed by atoms with Gasteiger partial charge in [0.25, 0.3) is 11.8 Å². The maximum absolute atomic E-state index is 12.8. The number of carbonyl (C=O) groups is 2. The van der Waals surface area contributed by atoms with E-state index in [4.69, 9.17) is 4.74 Å². The number of rotatable bonds is 5. The summed E-state index contributed by atoms with van der Waals surface area (Å²) in [6.45, 7) is 2.49. The van der Waals surface area contributed by atoms with E-state index < -0.39 is 0 Å². The summed E-state index contributed by atoms with van der Waals surface area (Å²) in [5.41, 5.74) is 4.14. The van der Waals surface area contributed by atoms with E-state index in [-0.39, 0.29) is 18.4 Å². The minimum Gasteiger partial charge on any atom is -0.484 e. The molecule has 4 rings (SSSR count). The molecule has 0 saturated carbocycles. The molecule has 146 valence electrons. The van der Waals surface area contributed by atoms with Crippen LogP contribution < -0.4 is 15.0 Å². The van der Waals surface area contributed by atoms with Gasteiger partial charge in [-0.15, -0.1) is 0 Å². The summed E-state index contributed by atoms with van der Waals surface area (Å²) < 4.78 is 5.55. The molecular weight excluding hydrogens is 366 g/mol. The van der Waals surface area contributed by atoms with Crippen LogP contribution in [-0.4, -0.2) is 29.9 Å². The van der Waals surface area contributed by atoms with Crippen molar-refractivity contribution in [2.24, 2.45) is 0 Å². The fourth-order valence-corrected chi connectivity index (χ4v) is 3.36. The molecule has 0 bridgehead atoms. The van der Waals surface area contributed by atoms with Crippen molar-refractivity contribution in [1.29, 1.82) is 0 Å². The van der Waals surface area contributed by atoms with E-state index in [1.54, 1.807) is 29.4 Å². The number of nitrogens with zero attached hydrogens (tertiary/aromatic N) is 2. The van der Waals surface area contributed by atoms with Crippen LogP contribution in [0.1, 0.15) is 21.5 Å². The van der Waals surface area contributed by atoms with Gasteiger partial charge in [-0.2, -0.15) is 0 Å². The van der Waals surface area contributed by atoms with Crippen molar-refractivity contribution < 1.29 is 14.3 Å². The van der Waals surface area contributed by atoms with E-state index in [2.05, 4.69) is 10.3 Å². The second-order valence-electron chi connectivity index (χ2n) is 6.95. The van der Waals surface area contributed by atoms with Crippen molar-refractivity contribution in [1.82, 2.24) is 4.98 Å². The number of hydrogen-bond acceptors (Lipinski definition) is 4. The van der Waals surface area contributed by atoms with Crippen LogP contribution in [0.15, 0.2) is 67.0 Å². The largest absolute Gasteiger partial charge is 0.484 e. The first-order chi connectivity index (χ1) is 14.1. The molecule has 0 fully saturated rings. The monoisotopic (exact) mass is 387 g/mol. The molecule has 2 aromatic carbocycles. The van der Waals surface area contributed by atoms with Crippen molar-refractivity contribution in [3.63, 3.8) is 0 Å². The first-order valence-corrected chi connectivity index (χ1v) is 9.44. The quantitative estimate of drug-likeness (QED) is 0.726. The lowest BCUT2D eigenvalue weighted by atomic mass is 10.1. The number of hydrogen-bond donors (Lipinski definition) is 1. The van der Waals surface area contributed by atoms with Crippen LogP contribution in [-0.2, 0) is 11.2 Å². The van der Waals surface area contributed by atoms with Gasteiger partial charge in [-0.1, -0.05) is 18.2 Å². The number of carbonyl (C=O) groups excluding carboxylic acids is 2. The second kappa shape index (κ2) is 8.14. The summed E-state index contributed by atoms with van der Waals surface area (Å²) >= 11 is 0. The number of benzene rings is 2. The highest BCUT2D eigenvalue weighted by atomic mass is 16.5. The van der Waals surface area contributed by atoms with Crippen LogP contribution in [0.25, 0.3) is 0 Å². The van der Waals surface area contributed by atoms with Gasteiger partial charge in [-0.3, -0.25) is 14.6 Å². The highest BCUT2D eigenvalue weighted by molar-refractivity contribution is 6.07. The fourth-order valence-electron chi connectivity index (χ4n) is 3.36. The van der Waals surface area contributed by atoms with Crippen molar-refractivity contribution in [3.8, 4) is 5.75 Å². The van der Waals surface area contributed by atoms with E-state index in [0.717, 1.165) is 23.2 Å². The molecule has 0 aliphatic carbocycles. The molecule has 0 atom stereocenters. The molecule has 0 unspecified atom stereocenters. The van der Waals surface area contributed by atoms with Gasteiger partial charge in [0, 0.05) is 30.3 Å². The third-order valence-electron chi connectivity index (χ3n) is 4.78. The second-order valence-corrected chi connectivity index (χ2v) is 6.95. The predicted molar refractivity (Wildman–Crippen MR) is 111 cm³/mol. The van der Waals surface area contributed by atoms with E-state index in [1.807, 2.05) is 49.4 Å². The number of aromatic nitrogens is 1. The molecule has 6 heteroatoms. The van der Waals surface area contributed by atoms with Gasteiger partial charge in [0.2, 0.25) is 0 Å². The third-order valence-corrected chi connectivity index (χ3v) is 4.78. The lowest BCUT2D eigenvalue weighted by molar-refractivity contribution is -0.118. The maximum Gasteiger partial charge on any atom is 0.262 e. The summed E-state index contributed by atoms with van der Waals surface area (Å²) in [5, 5.41) is 2.84. The number of nitrogens with one attached hydrogen (secondary N) is 1. The van der Waals surface area contributed by atoms with Crippen LogP contribution in [0.5, 0.6) is 5.75 Å². The van der Waals surface area contributed by atoms with E-state index in [1.165, 1.54) is 0 Å². The standard InChI is InChI=1S/C23H21N3O3/c1-16-4-2-6-20(12-16)29-15-22(27)25-19-8-7-17-9-11-26(21(17)13-19)23(28)18-5-3-10-24-14-18/h2-8,10,12-14H,9,11,15H2,1H3,(H,25,27). The number of aryl methyl sites for hydroxylation is 1. The van der Waals surface area contributed by atoms with Crippen molar-refractivity contribution >= 4 is 23.2 Å². The molecule has 2 heterocycles.